The lowest BCUT2D eigenvalue weighted by Gasteiger charge is -2.13. The van der Waals surface area contributed by atoms with Crippen LogP contribution >= 0.6 is 31.9 Å². The highest BCUT2D eigenvalue weighted by atomic mass is 79.9. The Morgan fingerprint density at radius 2 is 2.21 bits per heavy atom. The number of rotatable bonds is 1. The van der Waals surface area contributed by atoms with Gasteiger partial charge in [-0.25, -0.2) is 0 Å². The molecule has 1 heterocycles. The molecule has 0 aromatic carbocycles. The number of fused-ring (bicyclic) bond motifs is 1. The van der Waals surface area contributed by atoms with E-state index in [-0.39, 0.29) is 5.70 Å². The smallest absolute Gasteiger partial charge is 0.259 e. The second-order valence-corrected chi connectivity index (χ2v) is 4.42. The first-order valence-electron chi connectivity index (χ1n) is 3.64. The quantitative estimate of drug-likeness (QED) is 0.549. The zero-order valence-corrected chi connectivity index (χ0v) is 9.82. The Kier molecular flexibility index (Phi) is 2.36. The van der Waals surface area contributed by atoms with Crippen molar-refractivity contribution in [1.82, 2.24) is 0 Å². The lowest BCUT2D eigenvalue weighted by atomic mass is 9.97. The SMILES string of the molecule is O=[N+]([O-])C1=C(Br)C=C(Br)C2=NN=C[C@H]21. The van der Waals surface area contributed by atoms with Crippen LogP contribution in [-0.4, -0.2) is 16.8 Å². The van der Waals surface area contributed by atoms with Gasteiger partial charge in [0, 0.05) is 10.7 Å². The Morgan fingerprint density at radius 1 is 1.50 bits per heavy atom. The maximum absolute atomic E-state index is 10.8. The average molecular weight is 321 g/mol. The summed E-state index contributed by atoms with van der Waals surface area (Å²) in [4.78, 5) is 10.4. The number of hydrogen-bond donors (Lipinski definition) is 0. The van der Waals surface area contributed by atoms with Gasteiger partial charge < -0.3 is 0 Å². The number of allylic oxidation sites excluding steroid dienone is 4. The normalized spacial score (nSPS) is 24.6. The van der Waals surface area contributed by atoms with E-state index in [0.29, 0.717) is 10.2 Å². The van der Waals surface area contributed by atoms with E-state index < -0.39 is 10.8 Å². The fourth-order valence-corrected chi connectivity index (χ4v) is 2.78. The van der Waals surface area contributed by atoms with Gasteiger partial charge in [-0.15, -0.1) is 0 Å². The van der Waals surface area contributed by atoms with Gasteiger partial charge in [0.05, 0.1) is 15.1 Å². The lowest BCUT2D eigenvalue weighted by molar-refractivity contribution is -0.429. The largest absolute Gasteiger partial charge is 0.274 e. The van der Waals surface area contributed by atoms with Crippen LogP contribution in [0.3, 0.4) is 0 Å². The van der Waals surface area contributed by atoms with Crippen LogP contribution in [0, 0.1) is 16.0 Å². The zero-order chi connectivity index (χ0) is 10.3. The van der Waals surface area contributed by atoms with Crippen molar-refractivity contribution < 1.29 is 4.92 Å². The molecule has 0 amide bonds. The van der Waals surface area contributed by atoms with E-state index in [4.69, 9.17) is 0 Å². The predicted molar refractivity (Wildman–Crippen MR) is 59.4 cm³/mol. The van der Waals surface area contributed by atoms with Gasteiger partial charge in [0.2, 0.25) is 0 Å². The third-order valence-electron chi connectivity index (χ3n) is 1.91. The predicted octanol–water partition coefficient (Wildman–Crippen LogP) is 2.22. The molecule has 0 fully saturated rings. The molecule has 1 atom stereocenters. The Balaban J connectivity index is 2.57. The summed E-state index contributed by atoms with van der Waals surface area (Å²) >= 11 is 6.42. The molecule has 0 aromatic rings. The van der Waals surface area contributed by atoms with Gasteiger partial charge in [0.1, 0.15) is 5.92 Å². The fraction of sp³-hybridized carbons (Fsp3) is 0.143. The number of hydrogen-bond acceptors (Lipinski definition) is 4. The van der Waals surface area contributed by atoms with Crippen LogP contribution in [0.1, 0.15) is 0 Å². The molecule has 0 unspecified atom stereocenters. The van der Waals surface area contributed by atoms with Crippen LogP contribution in [-0.2, 0) is 0 Å². The first kappa shape index (κ1) is 9.72. The number of nitrogens with zero attached hydrogens (tertiary/aromatic N) is 3. The first-order chi connectivity index (χ1) is 6.61. The minimum atomic E-state index is -0.446. The van der Waals surface area contributed by atoms with Crippen LogP contribution in [0.4, 0.5) is 0 Å². The van der Waals surface area contributed by atoms with E-state index in [9.17, 15) is 10.1 Å². The van der Waals surface area contributed by atoms with Crippen molar-refractivity contribution in [3.8, 4) is 0 Å². The first-order valence-corrected chi connectivity index (χ1v) is 5.22. The molecule has 2 rings (SSSR count). The Hall–Kier alpha value is -0.820. The van der Waals surface area contributed by atoms with E-state index >= 15 is 0 Å². The lowest BCUT2D eigenvalue weighted by Crippen LogP contribution is -2.24. The summed E-state index contributed by atoms with van der Waals surface area (Å²) in [6.07, 6.45) is 3.07. The molecule has 14 heavy (non-hydrogen) atoms. The highest BCUT2D eigenvalue weighted by molar-refractivity contribution is 9.12. The summed E-state index contributed by atoms with van der Waals surface area (Å²) in [6, 6.07) is 0. The second-order valence-electron chi connectivity index (χ2n) is 2.71. The van der Waals surface area contributed by atoms with Gasteiger partial charge in [-0.1, -0.05) is 0 Å². The minimum Gasteiger partial charge on any atom is -0.259 e. The third kappa shape index (κ3) is 1.36. The molecule has 0 radical (unpaired) electrons. The summed E-state index contributed by atoms with van der Waals surface area (Å²) < 4.78 is 1.17. The molecular weight excluding hydrogens is 318 g/mol. The molecule has 0 spiro atoms. The maximum Gasteiger partial charge on any atom is 0.274 e. The average Bonchev–Trinajstić information content (AvgIpc) is 2.51. The molecule has 7 heteroatoms. The van der Waals surface area contributed by atoms with Crippen molar-refractivity contribution >= 4 is 43.8 Å². The van der Waals surface area contributed by atoms with Crippen molar-refractivity contribution in [2.75, 3.05) is 0 Å². The van der Waals surface area contributed by atoms with Crippen molar-refractivity contribution in [2.45, 2.75) is 0 Å². The molecule has 0 bridgehead atoms. The summed E-state index contributed by atoms with van der Waals surface area (Å²) in [5, 5.41) is 18.3. The topological polar surface area (TPSA) is 67.9 Å². The Bertz CT molecular complexity index is 436. The van der Waals surface area contributed by atoms with Crippen LogP contribution in [0.2, 0.25) is 0 Å². The molecule has 0 aromatic heterocycles. The van der Waals surface area contributed by atoms with Gasteiger partial charge in [-0.05, 0) is 37.9 Å². The summed E-state index contributed by atoms with van der Waals surface area (Å²) in [6.45, 7) is 0. The molecule has 0 saturated carbocycles. The molecule has 2 aliphatic rings. The molecule has 72 valence electrons. The summed E-state index contributed by atoms with van der Waals surface area (Å²) in [5.74, 6) is -0.446. The molecule has 1 aliphatic heterocycles. The van der Waals surface area contributed by atoms with Crippen molar-refractivity contribution in [3.05, 3.63) is 30.9 Å². The molecule has 5 nitrogen and oxygen atoms in total. The van der Waals surface area contributed by atoms with Crippen LogP contribution in [0.15, 0.2) is 30.9 Å². The van der Waals surface area contributed by atoms with E-state index in [0.717, 1.165) is 4.48 Å². The fourth-order valence-electron chi connectivity index (χ4n) is 1.30. The standard InChI is InChI=1S/C7H3Br2N3O2/c8-4-1-5(9)7(12(13)14)3-2-10-11-6(3)4/h1-3H/t3-/m1/s1. The second kappa shape index (κ2) is 3.39. The van der Waals surface area contributed by atoms with Gasteiger partial charge >= 0.3 is 0 Å². The molecule has 0 saturated heterocycles. The van der Waals surface area contributed by atoms with Crippen molar-refractivity contribution in [3.63, 3.8) is 0 Å². The monoisotopic (exact) mass is 319 g/mol. The van der Waals surface area contributed by atoms with E-state index in [2.05, 4.69) is 42.1 Å². The number of halogens is 2. The van der Waals surface area contributed by atoms with Crippen molar-refractivity contribution in [1.29, 1.82) is 0 Å². The van der Waals surface area contributed by atoms with Gasteiger partial charge in [-0.3, -0.25) is 10.1 Å². The maximum atomic E-state index is 10.8. The van der Waals surface area contributed by atoms with Crippen molar-refractivity contribution in [2.24, 2.45) is 16.1 Å². The van der Waals surface area contributed by atoms with E-state index in [1.54, 1.807) is 6.08 Å². The zero-order valence-electron chi connectivity index (χ0n) is 6.65. The Morgan fingerprint density at radius 3 is 2.86 bits per heavy atom. The molecular formula is C7H3Br2N3O2. The van der Waals surface area contributed by atoms with E-state index in [1.807, 2.05) is 0 Å². The Labute approximate surface area is 95.7 Å². The number of nitro groups is 1. The summed E-state index contributed by atoms with van der Waals surface area (Å²) in [5.41, 5.74) is 0.660. The minimum absolute atomic E-state index is 0.0770. The molecule has 1 aliphatic carbocycles. The van der Waals surface area contributed by atoms with Gasteiger partial charge in [-0.2, -0.15) is 10.2 Å². The summed E-state index contributed by atoms with van der Waals surface area (Å²) in [7, 11) is 0. The highest BCUT2D eigenvalue weighted by Crippen LogP contribution is 2.34. The van der Waals surface area contributed by atoms with Gasteiger partial charge in [0.25, 0.3) is 5.70 Å². The molecule has 0 N–H and O–H groups in total. The third-order valence-corrected chi connectivity index (χ3v) is 3.18. The van der Waals surface area contributed by atoms with Gasteiger partial charge in [0.15, 0.2) is 0 Å². The van der Waals surface area contributed by atoms with Crippen LogP contribution in [0.5, 0.6) is 0 Å². The van der Waals surface area contributed by atoms with E-state index in [1.165, 1.54) is 6.21 Å². The highest BCUT2D eigenvalue weighted by Gasteiger charge is 2.37. The van der Waals surface area contributed by atoms with Crippen LogP contribution < -0.4 is 0 Å². The van der Waals surface area contributed by atoms with Crippen LogP contribution in [0.25, 0.3) is 0 Å².